The van der Waals surface area contributed by atoms with Gasteiger partial charge in [-0.15, -0.1) is 0 Å². The first-order chi connectivity index (χ1) is 11.9. The van der Waals surface area contributed by atoms with Gasteiger partial charge in [0.1, 0.15) is 0 Å². The summed E-state index contributed by atoms with van der Waals surface area (Å²) in [5.41, 5.74) is 1.28. The third-order valence-corrected chi connectivity index (χ3v) is 3.97. The Bertz CT molecular complexity index is 610. The summed E-state index contributed by atoms with van der Waals surface area (Å²) in [7, 11) is 0. The Balaban J connectivity index is 1.79. The van der Waals surface area contributed by atoms with Crippen LogP contribution in [-0.4, -0.2) is 36.2 Å². The number of carbonyl (C=O) groups is 2. The lowest BCUT2D eigenvalue weighted by molar-refractivity contribution is -0.120. The zero-order valence-electron chi connectivity index (χ0n) is 14.6. The van der Waals surface area contributed by atoms with Crippen molar-refractivity contribution < 1.29 is 14.3 Å². The van der Waals surface area contributed by atoms with Gasteiger partial charge in [0.2, 0.25) is 5.91 Å². The third kappa shape index (κ3) is 6.80. The van der Waals surface area contributed by atoms with Gasteiger partial charge >= 0.3 is 0 Å². The van der Waals surface area contributed by atoms with E-state index in [1.807, 2.05) is 13.8 Å². The van der Waals surface area contributed by atoms with Crippen molar-refractivity contribution in [3.63, 3.8) is 0 Å². The number of hydrogen-bond donors (Lipinski definition) is 3. The fraction of sp³-hybridized carbons (Fsp3) is 0.500. The quantitative estimate of drug-likeness (QED) is 0.677. The van der Waals surface area contributed by atoms with Gasteiger partial charge in [-0.25, -0.2) is 0 Å². The fourth-order valence-corrected chi connectivity index (χ4v) is 2.76. The van der Waals surface area contributed by atoms with E-state index in [4.69, 9.17) is 17.0 Å². The molecule has 1 aliphatic rings. The van der Waals surface area contributed by atoms with E-state index in [-0.39, 0.29) is 28.9 Å². The summed E-state index contributed by atoms with van der Waals surface area (Å²) in [5, 5.41) is 8.70. The van der Waals surface area contributed by atoms with E-state index in [0.717, 1.165) is 19.4 Å². The summed E-state index contributed by atoms with van der Waals surface area (Å²) >= 11 is 5.12. The number of hydrogen-bond acceptors (Lipinski definition) is 4. The minimum absolute atomic E-state index is 0.113. The monoisotopic (exact) mass is 363 g/mol. The van der Waals surface area contributed by atoms with Gasteiger partial charge in [0.05, 0.1) is 6.10 Å². The standard InChI is InChI=1S/C18H25N3O3S/c1-12(2)10-16(22)21-18(25)20-14-7-5-13(6-8-14)17(23)19-11-15-4-3-9-24-15/h5-8,12,15H,3-4,9-11H2,1-2H3,(H,19,23)(H2,20,21,22,25)/t15-/m1/s1. The molecule has 1 atom stereocenters. The molecule has 1 aromatic rings. The van der Waals surface area contributed by atoms with Gasteiger partial charge in [-0.2, -0.15) is 0 Å². The maximum Gasteiger partial charge on any atom is 0.251 e. The van der Waals surface area contributed by atoms with Crippen LogP contribution < -0.4 is 16.0 Å². The summed E-state index contributed by atoms with van der Waals surface area (Å²) in [5.74, 6) is 0.0303. The topological polar surface area (TPSA) is 79.5 Å². The second-order valence-corrected chi connectivity index (χ2v) is 6.93. The Kier molecular flexibility index (Phi) is 7.33. The first-order valence-electron chi connectivity index (χ1n) is 8.54. The summed E-state index contributed by atoms with van der Waals surface area (Å²) < 4.78 is 5.48. The maximum atomic E-state index is 12.1. The smallest absolute Gasteiger partial charge is 0.251 e. The van der Waals surface area contributed by atoms with Crippen molar-refractivity contribution in [2.75, 3.05) is 18.5 Å². The predicted molar refractivity (Wildman–Crippen MR) is 102 cm³/mol. The molecule has 0 aliphatic carbocycles. The lowest BCUT2D eigenvalue weighted by Gasteiger charge is -2.12. The second-order valence-electron chi connectivity index (χ2n) is 6.52. The minimum atomic E-state index is -0.130. The van der Waals surface area contributed by atoms with Crippen LogP contribution in [0.15, 0.2) is 24.3 Å². The minimum Gasteiger partial charge on any atom is -0.376 e. The molecule has 136 valence electrons. The molecule has 1 fully saturated rings. The van der Waals surface area contributed by atoms with Crippen molar-refractivity contribution in [1.29, 1.82) is 0 Å². The van der Waals surface area contributed by atoms with E-state index in [1.165, 1.54) is 0 Å². The highest BCUT2D eigenvalue weighted by Crippen LogP contribution is 2.12. The summed E-state index contributed by atoms with van der Waals surface area (Å²) in [6, 6.07) is 6.93. The van der Waals surface area contributed by atoms with E-state index in [1.54, 1.807) is 24.3 Å². The number of benzene rings is 1. The number of thiocarbonyl (C=S) groups is 1. The zero-order valence-corrected chi connectivity index (χ0v) is 15.4. The molecule has 0 spiro atoms. The molecule has 1 heterocycles. The van der Waals surface area contributed by atoms with Crippen molar-refractivity contribution >= 4 is 34.8 Å². The Hall–Kier alpha value is -1.99. The number of carbonyl (C=O) groups excluding carboxylic acids is 2. The molecule has 0 bridgehead atoms. The van der Waals surface area contributed by atoms with Crippen LogP contribution in [0.3, 0.4) is 0 Å². The van der Waals surface area contributed by atoms with Gasteiger partial charge in [0.15, 0.2) is 5.11 Å². The van der Waals surface area contributed by atoms with Gasteiger partial charge < -0.3 is 20.7 Å². The van der Waals surface area contributed by atoms with E-state index in [0.29, 0.717) is 24.2 Å². The zero-order chi connectivity index (χ0) is 18.2. The third-order valence-electron chi connectivity index (χ3n) is 3.77. The molecule has 0 saturated carbocycles. The number of amides is 2. The van der Waals surface area contributed by atoms with Gasteiger partial charge in [-0.3, -0.25) is 9.59 Å². The Morgan fingerprint density at radius 2 is 2.00 bits per heavy atom. The molecular formula is C18H25N3O3S. The highest BCUT2D eigenvalue weighted by molar-refractivity contribution is 7.80. The first kappa shape index (κ1) is 19.3. The van der Waals surface area contributed by atoms with Crippen LogP contribution >= 0.6 is 12.2 Å². The number of nitrogens with one attached hydrogen (secondary N) is 3. The summed E-state index contributed by atoms with van der Waals surface area (Å²) in [6.45, 7) is 5.25. The van der Waals surface area contributed by atoms with Crippen LogP contribution in [0.5, 0.6) is 0 Å². The molecule has 2 rings (SSSR count). The van der Waals surface area contributed by atoms with Crippen LogP contribution in [0, 0.1) is 5.92 Å². The Morgan fingerprint density at radius 1 is 1.28 bits per heavy atom. The summed E-state index contributed by atoms with van der Waals surface area (Å²) in [4.78, 5) is 23.8. The molecule has 0 radical (unpaired) electrons. The van der Waals surface area contributed by atoms with E-state index in [9.17, 15) is 9.59 Å². The second kappa shape index (κ2) is 9.48. The van der Waals surface area contributed by atoms with Gasteiger partial charge in [0, 0.05) is 30.8 Å². The molecule has 3 N–H and O–H groups in total. The molecule has 6 nitrogen and oxygen atoms in total. The van der Waals surface area contributed by atoms with Crippen molar-refractivity contribution in [3.05, 3.63) is 29.8 Å². The lowest BCUT2D eigenvalue weighted by Crippen LogP contribution is -2.34. The molecule has 1 aromatic carbocycles. The fourth-order valence-electron chi connectivity index (χ4n) is 2.53. The van der Waals surface area contributed by atoms with Crippen LogP contribution in [0.2, 0.25) is 0 Å². The maximum absolute atomic E-state index is 12.1. The molecule has 1 saturated heterocycles. The summed E-state index contributed by atoms with van der Waals surface area (Å²) in [6.07, 6.45) is 2.58. The van der Waals surface area contributed by atoms with Crippen molar-refractivity contribution in [2.24, 2.45) is 5.92 Å². The van der Waals surface area contributed by atoms with Crippen LogP contribution in [0.25, 0.3) is 0 Å². The Morgan fingerprint density at radius 3 is 2.60 bits per heavy atom. The molecular weight excluding hydrogens is 338 g/mol. The largest absolute Gasteiger partial charge is 0.376 e. The molecule has 2 amide bonds. The van der Waals surface area contributed by atoms with E-state index >= 15 is 0 Å². The number of ether oxygens (including phenoxy) is 1. The van der Waals surface area contributed by atoms with Gasteiger partial charge in [-0.1, -0.05) is 13.8 Å². The van der Waals surface area contributed by atoms with Crippen LogP contribution in [0.4, 0.5) is 5.69 Å². The average Bonchev–Trinajstić information content (AvgIpc) is 3.05. The molecule has 1 aliphatic heterocycles. The predicted octanol–water partition coefficient (Wildman–Crippen LogP) is 2.45. The lowest BCUT2D eigenvalue weighted by atomic mass is 10.1. The highest BCUT2D eigenvalue weighted by Gasteiger charge is 2.16. The van der Waals surface area contributed by atoms with Crippen molar-refractivity contribution in [1.82, 2.24) is 10.6 Å². The molecule has 0 unspecified atom stereocenters. The molecule has 7 heteroatoms. The number of rotatable bonds is 6. The van der Waals surface area contributed by atoms with Crippen molar-refractivity contribution in [3.8, 4) is 0 Å². The SMILES string of the molecule is CC(C)CC(=O)NC(=S)Nc1ccc(C(=O)NC[C@H]2CCCO2)cc1. The Labute approximate surface area is 153 Å². The van der Waals surface area contributed by atoms with Crippen molar-refractivity contribution in [2.45, 2.75) is 39.2 Å². The van der Waals surface area contributed by atoms with Crippen LogP contribution in [-0.2, 0) is 9.53 Å². The normalized spacial score (nSPS) is 16.5. The average molecular weight is 363 g/mol. The van der Waals surface area contributed by atoms with E-state index < -0.39 is 0 Å². The highest BCUT2D eigenvalue weighted by atomic mass is 32.1. The van der Waals surface area contributed by atoms with Gasteiger partial charge in [-0.05, 0) is 55.2 Å². The number of anilines is 1. The molecule has 0 aromatic heterocycles. The van der Waals surface area contributed by atoms with Gasteiger partial charge in [0.25, 0.3) is 5.91 Å². The van der Waals surface area contributed by atoms with E-state index in [2.05, 4.69) is 16.0 Å². The molecule has 25 heavy (non-hydrogen) atoms. The first-order valence-corrected chi connectivity index (χ1v) is 8.95. The van der Waals surface area contributed by atoms with Crippen LogP contribution in [0.1, 0.15) is 43.5 Å².